The number of rotatable bonds is 2. The maximum atomic E-state index is 12.5. The molecular formula is C18H25NO2. The first-order chi connectivity index (χ1) is 10.1. The number of hydrogen-bond donors (Lipinski definition) is 1. The van der Waals surface area contributed by atoms with E-state index in [1.807, 2.05) is 18.2 Å². The van der Waals surface area contributed by atoms with Crippen LogP contribution < -0.4 is 5.32 Å². The van der Waals surface area contributed by atoms with Crippen molar-refractivity contribution in [2.24, 2.45) is 5.41 Å². The van der Waals surface area contributed by atoms with Crippen LogP contribution in [0.4, 0.5) is 0 Å². The molecular weight excluding hydrogens is 262 g/mol. The molecule has 0 aromatic heterocycles. The van der Waals surface area contributed by atoms with Gasteiger partial charge in [-0.05, 0) is 48.6 Å². The lowest BCUT2D eigenvalue weighted by Gasteiger charge is -2.35. The molecule has 1 unspecified atom stereocenters. The number of carbonyl (C=O) groups is 1. The molecule has 114 valence electrons. The Morgan fingerprint density at radius 1 is 1.24 bits per heavy atom. The Balaban J connectivity index is 1.64. The lowest BCUT2D eigenvalue weighted by molar-refractivity contribution is -0.154. The summed E-state index contributed by atoms with van der Waals surface area (Å²) in [6.07, 6.45) is 5.35. The van der Waals surface area contributed by atoms with Gasteiger partial charge in [0.05, 0.1) is 0 Å². The van der Waals surface area contributed by atoms with Gasteiger partial charge in [0.25, 0.3) is 0 Å². The molecule has 0 radical (unpaired) electrons. The third kappa shape index (κ3) is 3.29. The van der Waals surface area contributed by atoms with Gasteiger partial charge in [-0.15, -0.1) is 0 Å². The van der Waals surface area contributed by atoms with E-state index in [4.69, 9.17) is 4.74 Å². The summed E-state index contributed by atoms with van der Waals surface area (Å²) in [5.41, 5.74) is 2.76. The van der Waals surface area contributed by atoms with Gasteiger partial charge >= 0.3 is 5.97 Å². The predicted octanol–water partition coefficient (Wildman–Crippen LogP) is 3.39. The molecule has 0 bridgehead atoms. The van der Waals surface area contributed by atoms with Crippen molar-refractivity contribution in [3.63, 3.8) is 0 Å². The van der Waals surface area contributed by atoms with Crippen LogP contribution in [0.25, 0.3) is 0 Å². The van der Waals surface area contributed by atoms with Crippen molar-refractivity contribution in [2.75, 3.05) is 6.54 Å². The highest BCUT2D eigenvalue weighted by atomic mass is 16.5. The second-order valence-corrected chi connectivity index (χ2v) is 7.14. The van der Waals surface area contributed by atoms with Crippen molar-refractivity contribution in [1.29, 1.82) is 0 Å². The van der Waals surface area contributed by atoms with Gasteiger partial charge in [0.2, 0.25) is 0 Å². The second kappa shape index (κ2) is 5.80. The first-order valence-corrected chi connectivity index (χ1v) is 8.07. The summed E-state index contributed by atoms with van der Waals surface area (Å²) in [4.78, 5) is 12.5. The van der Waals surface area contributed by atoms with Crippen LogP contribution in [0, 0.1) is 5.41 Å². The van der Waals surface area contributed by atoms with Gasteiger partial charge < -0.3 is 10.1 Å². The van der Waals surface area contributed by atoms with Crippen LogP contribution in [0.5, 0.6) is 0 Å². The number of fused-ring (bicyclic) bond motifs is 1. The van der Waals surface area contributed by atoms with Crippen LogP contribution in [-0.2, 0) is 16.0 Å². The Morgan fingerprint density at radius 2 is 1.95 bits per heavy atom. The maximum Gasteiger partial charge on any atom is 0.328 e. The van der Waals surface area contributed by atoms with Crippen LogP contribution in [0.1, 0.15) is 56.7 Å². The number of ether oxygens (including phenoxy) is 1. The fourth-order valence-corrected chi connectivity index (χ4v) is 3.44. The summed E-state index contributed by atoms with van der Waals surface area (Å²) >= 11 is 0. The number of carbonyl (C=O) groups excluding carboxylic acids is 1. The first-order valence-electron chi connectivity index (χ1n) is 8.07. The molecule has 1 heterocycles. The molecule has 1 aromatic carbocycles. The Labute approximate surface area is 127 Å². The summed E-state index contributed by atoms with van der Waals surface area (Å²) in [5, 5.41) is 3.31. The quantitative estimate of drug-likeness (QED) is 0.847. The van der Waals surface area contributed by atoms with Crippen molar-refractivity contribution in [1.82, 2.24) is 5.32 Å². The van der Waals surface area contributed by atoms with Gasteiger partial charge in [0.15, 0.2) is 0 Å². The van der Waals surface area contributed by atoms with Crippen LogP contribution in [0.15, 0.2) is 24.3 Å². The highest BCUT2D eigenvalue weighted by molar-refractivity contribution is 5.78. The third-order valence-electron chi connectivity index (χ3n) is 4.91. The third-order valence-corrected chi connectivity index (χ3v) is 4.91. The zero-order valence-electron chi connectivity index (χ0n) is 13.0. The van der Waals surface area contributed by atoms with Gasteiger partial charge in [-0.1, -0.05) is 38.1 Å². The van der Waals surface area contributed by atoms with Crippen LogP contribution in [0.2, 0.25) is 0 Å². The van der Waals surface area contributed by atoms with E-state index < -0.39 is 0 Å². The summed E-state index contributed by atoms with van der Waals surface area (Å²) in [5.74, 6) is -0.105. The second-order valence-electron chi connectivity index (χ2n) is 7.14. The number of benzene rings is 1. The molecule has 0 amide bonds. The fraction of sp³-hybridized carbons (Fsp3) is 0.611. The normalized spacial score (nSPS) is 25.1. The molecule has 3 rings (SSSR count). The van der Waals surface area contributed by atoms with E-state index in [1.54, 1.807) is 0 Å². The Bertz CT molecular complexity index is 514. The van der Waals surface area contributed by atoms with Crippen LogP contribution in [0.3, 0.4) is 0 Å². The molecule has 1 N–H and O–H groups in total. The van der Waals surface area contributed by atoms with Crippen molar-refractivity contribution in [2.45, 2.75) is 58.1 Å². The molecule has 1 aromatic rings. The summed E-state index contributed by atoms with van der Waals surface area (Å²) in [7, 11) is 0. The van der Waals surface area contributed by atoms with Crippen LogP contribution >= 0.6 is 0 Å². The average molecular weight is 287 g/mol. The van der Waals surface area contributed by atoms with E-state index in [1.165, 1.54) is 5.56 Å². The zero-order valence-corrected chi connectivity index (χ0v) is 13.0. The predicted molar refractivity (Wildman–Crippen MR) is 83.0 cm³/mol. The molecule has 2 aliphatic rings. The Hall–Kier alpha value is -1.35. The maximum absolute atomic E-state index is 12.5. The van der Waals surface area contributed by atoms with Crippen LogP contribution in [-0.4, -0.2) is 18.6 Å². The molecule has 1 aliphatic carbocycles. The smallest absolute Gasteiger partial charge is 0.328 e. The van der Waals surface area contributed by atoms with E-state index in [9.17, 15) is 4.79 Å². The molecule has 21 heavy (non-hydrogen) atoms. The minimum Gasteiger partial charge on any atom is -0.461 e. The highest BCUT2D eigenvalue weighted by Gasteiger charge is 2.32. The topological polar surface area (TPSA) is 38.3 Å². The molecule has 1 atom stereocenters. The number of hydrogen-bond acceptors (Lipinski definition) is 3. The largest absolute Gasteiger partial charge is 0.461 e. The van der Waals surface area contributed by atoms with Crippen molar-refractivity contribution < 1.29 is 9.53 Å². The van der Waals surface area contributed by atoms with Gasteiger partial charge in [0.1, 0.15) is 12.1 Å². The first kappa shape index (κ1) is 14.6. The Morgan fingerprint density at radius 3 is 2.71 bits per heavy atom. The molecule has 3 heteroatoms. The number of esters is 1. The minimum absolute atomic E-state index is 0.0985. The lowest BCUT2D eigenvalue weighted by atomic mass is 9.76. The average Bonchev–Trinajstić information content (AvgIpc) is 2.49. The van der Waals surface area contributed by atoms with E-state index in [0.717, 1.165) is 44.2 Å². The van der Waals surface area contributed by atoms with Crippen molar-refractivity contribution >= 4 is 5.97 Å². The Kier molecular flexibility index (Phi) is 4.03. The van der Waals surface area contributed by atoms with Gasteiger partial charge in [-0.25, -0.2) is 4.79 Å². The van der Waals surface area contributed by atoms with Crippen molar-refractivity contribution in [3.05, 3.63) is 35.4 Å². The summed E-state index contributed by atoms with van der Waals surface area (Å²) < 4.78 is 5.78. The minimum atomic E-state index is -0.287. The number of nitrogens with one attached hydrogen (secondary N) is 1. The van der Waals surface area contributed by atoms with Gasteiger partial charge in [-0.3, -0.25) is 0 Å². The molecule has 0 saturated heterocycles. The molecule has 0 spiro atoms. The fourth-order valence-electron chi connectivity index (χ4n) is 3.44. The molecule has 1 saturated carbocycles. The standard InChI is InChI=1S/C18H25NO2/c1-18(2)10-7-14(8-11-18)21-17(20)16-15-6-4-3-5-13(15)9-12-19-16/h3-6,14,16,19H,7-12H2,1-2H3. The zero-order chi connectivity index (χ0) is 14.9. The lowest BCUT2D eigenvalue weighted by Crippen LogP contribution is -2.38. The van der Waals surface area contributed by atoms with E-state index in [2.05, 4.69) is 25.2 Å². The summed E-state index contributed by atoms with van der Waals surface area (Å²) in [6.45, 7) is 5.43. The summed E-state index contributed by atoms with van der Waals surface area (Å²) in [6, 6.07) is 7.90. The van der Waals surface area contributed by atoms with E-state index in [-0.39, 0.29) is 18.1 Å². The van der Waals surface area contributed by atoms with Crippen molar-refractivity contribution in [3.8, 4) is 0 Å². The monoisotopic (exact) mass is 287 g/mol. The SMILES string of the molecule is CC1(C)CCC(OC(=O)C2NCCc3ccccc32)CC1. The highest BCUT2D eigenvalue weighted by Crippen LogP contribution is 2.36. The van der Waals surface area contributed by atoms with Gasteiger partial charge in [0, 0.05) is 6.54 Å². The van der Waals surface area contributed by atoms with E-state index >= 15 is 0 Å². The van der Waals surface area contributed by atoms with Gasteiger partial charge in [-0.2, -0.15) is 0 Å². The molecule has 3 nitrogen and oxygen atoms in total. The molecule has 1 aliphatic heterocycles. The van der Waals surface area contributed by atoms with E-state index in [0.29, 0.717) is 5.41 Å². The molecule has 1 fully saturated rings.